The van der Waals surface area contributed by atoms with E-state index in [1.54, 1.807) is 12.1 Å². The normalized spacial score (nSPS) is 9.17. The molecule has 0 radical (unpaired) electrons. The van der Waals surface area contributed by atoms with Crippen LogP contribution in [0.15, 0.2) is 18.2 Å². The third-order valence-electron chi connectivity index (χ3n) is 1.74. The summed E-state index contributed by atoms with van der Waals surface area (Å²) in [4.78, 5) is 0. The summed E-state index contributed by atoms with van der Waals surface area (Å²) < 4.78 is 0. The average Bonchev–Trinajstić information content (AvgIpc) is 1.95. The Morgan fingerprint density at radius 1 is 1.42 bits per heavy atom. The van der Waals surface area contributed by atoms with E-state index in [1.165, 1.54) is 5.56 Å². The molecule has 0 amide bonds. The first-order valence-corrected chi connectivity index (χ1v) is 3.72. The number of rotatable bonds is 2. The molecule has 0 fully saturated rings. The van der Waals surface area contributed by atoms with E-state index in [0.29, 0.717) is 12.3 Å². The third kappa shape index (κ3) is 2.72. The molecule has 0 saturated heterocycles. The van der Waals surface area contributed by atoms with Crippen molar-refractivity contribution in [2.24, 2.45) is 5.73 Å². The van der Waals surface area contributed by atoms with Crippen LogP contribution < -0.4 is 5.73 Å². The molecule has 0 aliphatic heterocycles. The van der Waals surface area contributed by atoms with Crippen LogP contribution >= 0.6 is 12.4 Å². The number of hydrogen-bond donors (Lipinski definition) is 2. The lowest BCUT2D eigenvalue weighted by molar-refractivity contribution is 0.474. The lowest BCUT2D eigenvalue weighted by Crippen LogP contribution is -2.03. The van der Waals surface area contributed by atoms with Crippen LogP contribution in [0.4, 0.5) is 0 Å². The monoisotopic (exact) mass is 187 g/mol. The van der Waals surface area contributed by atoms with Crippen LogP contribution in [0.5, 0.6) is 5.75 Å². The van der Waals surface area contributed by atoms with Gasteiger partial charge in [-0.3, -0.25) is 0 Å². The number of hydrogen-bond acceptors (Lipinski definition) is 2. The van der Waals surface area contributed by atoms with Crippen LogP contribution in [-0.4, -0.2) is 11.7 Å². The summed E-state index contributed by atoms with van der Waals surface area (Å²) in [6.07, 6.45) is 0.881. The fraction of sp³-hybridized carbons (Fsp3) is 0.333. The molecule has 3 N–H and O–H groups in total. The highest BCUT2D eigenvalue weighted by molar-refractivity contribution is 5.85. The van der Waals surface area contributed by atoms with E-state index in [-0.39, 0.29) is 12.4 Å². The Kier molecular flexibility index (Phi) is 4.71. The maximum Gasteiger partial charge on any atom is 0.115 e. The second-order valence-electron chi connectivity index (χ2n) is 2.65. The molecule has 0 bridgehead atoms. The van der Waals surface area contributed by atoms with Crippen LogP contribution in [0.3, 0.4) is 0 Å². The maximum atomic E-state index is 9.07. The second kappa shape index (κ2) is 5.01. The van der Waals surface area contributed by atoms with Crippen molar-refractivity contribution in [1.29, 1.82) is 0 Å². The van der Waals surface area contributed by atoms with Crippen molar-refractivity contribution < 1.29 is 5.11 Å². The van der Waals surface area contributed by atoms with Gasteiger partial charge in [-0.25, -0.2) is 0 Å². The molecular weight excluding hydrogens is 174 g/mol. The van der Waals surface area contributed by atoms with Gasteiger partial charge >= 0.3 is 0 Å². The number of phenolic OH excluding ortho intramolecular Hbond substituents is 1. The van der Waals surface area contributed by atoms with E-state index in [2.05, 4.69) is 0 Å². The van der Waals surface area contributed by atoms with E-state index >= 15 is 0 Å². The number of aromatic hydroxyl groups is 1. The molecule has 68 valence electrons. The first-order valence-electron chi connectivity index (χ1n) is 3.72. The molecule has 2 nitrogen and oxygen atoms in total. The number of nitrogens with two attached hydrogens (primary N) is 1. The van der Waals surface area contributed by atoms with E-state index < -0.39 is 0 Å². The van der Waals surface area contributed by atoms with Crippen molar-refractivity contribution in [3.05, 3.63) is 29.3 Å². The Morgan fingerprint density at radius 3 is 2.58 bits per heavy atom. The zero-order valence-corrected chi connectivity index (χ0v) is 7.90. The minimum Gasteiger partial charge on any atom is -0.508 e. The molecule has 1 aromatic carbocycles. The molecule has 12 heavy (non-hydrogen) atoms. The van der Waals surface area contributed by atoms with Gasteiger partial charge in [-0.2, -0.15) is 0 Å². The molecule has 0 heterocycles. The highest BCUT2D eigenvalue weighted by atomic mass is 35.5. The van der Waals surface area contributed by atoms with Crippen LogP contribution in [0.25, 0.3) is 0 Å². The van der Waals surface area contributed by atoms with Crippen molar-refractivity contribution in [3.63, 3.8) is 0 Å². The summed E-state index contributed by atoms with van der Waals surface area (Å²) in [7, 11) is 0. The van der Waals surface area contributed by atoms with Gasteiger partial charge in [-0.15, -0.1) is 12.4 Å². The lowest BCUT2D eigenvalue weighted by Gasteiger charge is -2.03. The zero-order valence-electron chi connectivity index (χ0n) is 7.08. The van der Waals surface area contributed by atoms with Gasteiger partial charge in [0.2, 0.25) is 0 Å². The number of halogens is 1. The molecule has 3 heteroatoms. The Morgan fingerprint density at radius 2 is 2.08 bits per heavy atom. The molecule has 0 atom stereocenters. The fourth-order valence-corrected chi connectivity index (χ4v) is 1.12. The van der Waals surface area contributed by atoms with Crippen molar-refractivity contribution in [2.75, 3.05) is 6.54 Å². The van der Waals surface area contributed by atoms with Gasteiger partial charge in [0.05, 0.1) is 0 Å². The van der Waals surface area contributed by atoms with Gasteiger partial charge < -0.3 is 10.8 Å². The predicted molar refractivity (Wildman–Crippen MR) is 52.9 cm³/mol. The van der Waals surface area contributed by atoms with Gasteiger partial charge in [0.15, 0.2) is 0 Å². The van der Waals surface area contributed by atoms with E-state index in [1.807, 2.05) is 13.0 Å². The summed E-state index contributed by atoms with van der Waals surface area (Å²) in [5.74, 6) is 0.322. The highest BCUT2D eigenvalue weighted by Gasteiger charge is 1.96. The number of aryl methyl sites for hydroxylation is 1. The molecule has 0 aromatic heterocycles. The minimum atomic E-state index is 0. The van der Waals surface area contributed by atoms with E-state index in [0.717, 1.165) is 12.0 Å². The maximum absolute atomic E-state index is 9.07. The Labute approximate surface area is 78.8 Å². The van der Waals surface area contributed by atoms with E-state index in [4.69, 9.17) is 10.8 Å². The Hall–Kier alpha value is -0.730. The molecule has 1 aromatic rings. The van der Waals surface area contributed by atoms with Crippen molar-refractivity contribution in [3.8, 4) is 5.75 Å². The fourth-order valence-electron chi connectivity index (χ4n) is 1.12. The SMILES string of the molecule is Cc1cc(O)ccc1CCN.Cl. The minimum absolute atomic E-state index is 0. The van der Waals surface area contributed by atoms with Crippen LogP contribution in [0, 0.1) is 6.92 Å². The van der Waals surface area contributed by atoms with Crippen LogP contribution in [0.1, 0.15) is 11.1 Å². The molecule has 0 saturated carbocycles. The van der Waals surface area contributed by atoms with Crippen molar-refractivity contribution in [1.82, 2.24) is 0 Å². The smallest absolute Gasteiger partial charge is 0.115 e. The Bertz CT molecular complexity index is 250. The van der Waals surface area contributed by atoms with Gasteiger partial charge in [0.25, 0.3) is 0 Å². The quantitative estimate of drug-likeness (QED) is 0.739. The first-order chi connectivity index (χ1) is 5.24. The lowest BCUT2D eigenvalue weighted by atomic mass is 10.1. The summed E-state index contributed by atoms with van der Waals surface area (Å²) in [6, 6.07) is 5.36. The second-order valence-corrected chi connectivity index (χ2v) is 2.65. The summed E-state index contributed by atoms with van der Waals surface area (Å²) >= 11 is 0. The Balaban J connectivity index is 0.00000121. The molecule has 0 aliphatic rings. The number of phenols is 1. The number of benzene rings is 1. The van der Waals surface area contributed by atoms with Crippen LogP contribution in [0.2, 0.25) is 0 Å². The van der Waals surface area contributed by atoms with Crippen molar-refractivity contribution in [2.45, 2.75) is 13.3 Å². The topological polar surface area (TPSA) is 46.2 Å². The van der Waals surface area contributed by atoms with Gasteiger partial charge in [-0.05, 0) is 43.1 Å². The van der Waals surface area contributed by atoms with Gasteiger partial charge in [0.1, 0.15) is 5.75 Å². The van der Waals surface area contributed by atoms with Crippen molar-refractivity contribution >= 4 is 12.4 Å². The third-order valence-corrected chi connectivity index (χ3v) is 1.74. The molecule has 1 rings (SSSR count). The first kappa shape index (κ1) is 11.3. The molecular formula is C9H14ClNO. The van der Waals surface area contributed by atoms with E-state index in [9.17, 15) is 0 Å². The highest BCUT2D eigenvalue weighted by Crippen LogP contribution is 2.15. The standard InChI is InChI=1S/C9H13NO.ClH/c1-7-6-9(11)3-2-8(7)4-5-10;/h2-3,6,11H,4-5,10H2,1H3;1H. The largest absolute Gasteiger partial charge is 0.508 e. The summed E-state index contributed by atoms with van der Waals surface area (Å²) in [5.41, 5.74) is 7.73. The summed E-state index contributed by atoms with van der Waals surface area (Å²) in [6.45, 7) is 2.64. The van der Waals surface area contributed by atoms with Gasteiger partial charge in [0, 0.05) is 0 Å². The predicted octanol–water partition coefficient (Wildman–Crippen LogP) is 1.62. The summed E-state index contributed by atoms with van der Waals surface area (Å²) in [5, 5.41) is 9.07. The zero-order chi connectivity index (χ0) is 8.27. The van der Waals surface area contributed by atoms with Gasteiger partial charge in [-0.1, -0.05) is 6.07 Å². The molecule has 0 unspecified atom stereocenters. The molecule has 0 aliphatic carbocycles. The molecule has 0 spiro atoms. The average molecular weight is 188 g/mol. The van der Waals surface area contributed by atoms with Crippen LogP contribution in [-0.2, 0) is 6.42 Å².